The number of hydrogen-bond acceptors (Lipinski definition) is 5. The molecule has 0 unspecified atom stereocenters. The number of halogens is 1. The van der Waals surface area contributed by atoms with Crippen molar-refractivity contribution in [2.45, 2.75) is 45.1 Å². The number of nitrogens with zero attached hydrogens (tertiary/aromatic N) is 2. The summed E-state index contributed by atoms with van der Waals surface area (Å²) in [5.74, 6) is -1.12. The third-order valence-corrected chi connectivity index (χ3v) is 5.04. The molecule has 1 fully saturated rings. The van der Waals surface area contributed by atoms with E-state index < -0.39 is 17.8 Å². The van der Waals surface area contributed by atoms with Gasteiger partial charge in [0.1, 0.15) is 5.82 Å². The van der Waals surface area contributed by atoms with Gasteiger partial charge in [-0.15, -0.1) is 0 Å². The van der Waals surface area contributed by atoms with E-state index in [0.717, 1.165) is 0 Å². The lowest BCUT2D eigenvalue weighted by atomic mass is 9.94. The highest BCUT2D eigenvalue weighted by Gasteiger charge is 2.46. The molecule has 1 saturated heterocycles. The lowest BCUT2D eigenvalue weighted by Gasteiger charge is -2.33. The first-order valence-electron chi connectivity index (χ1n) is 8.05. The first-order valence-corrected chi connectivity index (χ1v) is 8.93. The Morgan fingerprint density at radius 1 is 1.40 bits per heavy atom. The predicted octanol–water partition coefficient (Wildman–Crippen LogP) is 3.43. The van der Waals surface area contributed by atoms with Gasteiger partial charge in [0.15, 0.2) is 5.17 Å². The Balaban J connectivity index is 2.14. The highest BCUT2D eigenvalue weighted by molar-refractivity contribution is 8.15. The maximum atomic E-state index is 13.8. The van der Waals surface area contributed by atoms with E-state index in [2.05, 4.69) is 4.99 Å². The number of carbonyl (C=O) groups excluding carboxylic acids is 2. The van der Waals surface area contributed by atoms with Crippen LogP contribution in [0, 0.1) is 5.82 Å². The van der Waals surface area contributed by atoms with Gasteiger partial charge in [-0.2, -0.15) is 0 Å². The zero-order chi connectivity index (χ0) is 18.3. The second kappa shape index (κ2) is 6.63. The van der Waals surface area contributed by atoms with Crippen LogP contribution >= 0.6 is 11.8 Å². The van der Waals surface area contributed by atoms with E-state index in [0.29, 0.717) is 16.4 Å². The van der Waals surface area contributed by atoms with Gasteiger partial charge in [-0.1, -0.05) is 23.9 Å². The third kappa shape index (κ3) is 3.20. The normalized spacial score (nSPS) is 23.0. The molecule has 1 amide bonds. The zero-order valence-corrected chi connectivity index (χ0v) is 15.3. The maximum absolute atomic E-state index is 13.8. The Morgan fingerprint density at radius 2 is 2.12 bits per heavy atom. The van der Waals surface area contributed by atoms with E-state index >= 15 is 0 Å². The van der Waals surface area contributed by atoms with Crippen molar-refractivity contribution in [2.24, 2.45) is 4.99 Å². The summed E-state index contributed by atoms with van der Waals surface area (Å²) in [6, 6.07) is 5.19. The van der Waals surface area contributed by atoms with Crippen LogP contribution in [0.5, 0.6) is 0 Å². The fourth-order valence-electron chi connectivity index (χ4n) is 2.93. The van der Waals surface area contributed by atoms with E-state index in [9.17, 15) is 14.0 Å². The molecule has 2 aliphatic heterocycles. The minimum absolute atomic E-state index is 0.152. The topological polar surface area (TPSA) is 59.0 Å². The summed E-state index contributed by atoms with van der Waals surface area (Å²) in [7, 11) is 0. The number of allylic oxidation sites excluding steroid dienone is 1. The van der Waals surface area contributed by atoms with Crippen LogP contribution in [0.3, 0.4) is 0 Å². The Labute approximate surface area is 149 Å². The molecule has 1 aromatic rings. The number of esters is 1. The quantitative estimate of drug-likeness (QED) is 0.773. The SMILES string of the molecule is CC1=C(C(=O)OC(C)C)[C@H](c2cccc(F)c2)N2C(=O)[C@H](C)SC2=N1. The fraction of sp³-hybridized carbons (Fsp3) is 0.389. The van der Waals surface area contributed by atoms with Crippen molar-refractivity contribution in [3.63, 3.8) is 0 Å². The Morgan fingerprint density at radius 3 is 2.76 bits per heavy atom. The van der Waals surface area contributed by atoms with Crippen molar-refractivity contribution in [3.8, 4) is 0 Å². The Hall–Kier alpha value is -2.15. The summed E-state index contributed by atoms with van der Waals surface area (Å²) >= 11 is 1.34. The largest absolute Gasteiger partial charge is 0.459 e. The minimum Gasteiger partial charge on any atom is -0.459 e. The van der Waals surface area contributed by atoms with Crippen molar-refractivity contribution in [3.05, 3.63) is 46.9 Å². The molecule has 3 rings (SSSR count). The van der Waals surface area contributed by atoms with Gasteiger partial charge in [-0.25, -0.2) is 14.2 Å². The number of fused-ring (bicyclic) bond motifs is 1. The Bertz CT molecular complexity index is 803. The summed E-state index contributed by atoms with van der Waals surface area (Å²) in [6.45, 7) is 7.00. The number of benzene rings is 1. The first kappa shape index (κ1) is 17.7. The van der Waals surface area contributed by atoms with Gasteiger partial charge in [-0.05, 0) is 45.4 Å². The number of rotatable bonds is 3. The van der Waals surface area contributed by atoms with Crippen molar-refractivity contribution in [1.29, 1.82) is 0 Å². The van der Waals surface area contributed by atoms with E-state index in [1.807, 2.05) is 0 Å². The number of amidine groups is 1. The van der Waals surface area contributed by atoms with Crippen LogP contribution in [0.1, 0.15) is 39.3 Å². The van der Waals surface area contributed by atoms with Crippen LogP contribution in [-0.4, -0.2) is 33.3 Å². The fourth-order valence-corrected chi connectivity index (χ4v) is 3.96. The second-order valence-electron chi connectivity index (χ2n) is 6.27. The molecule has 2 heterocycles. The summed E-state index contributed by atoms with van der Waals surface area (Å²) in [6.07, 6.45) is -0.311. The average Bonchev–Trinajstić information content (AvgIpc) is 2.79. The number of aliphatic imine (C=N–C) groups is 1. The molecule has 2 aliphatic rings. The molecule has 1 aromatic carbocycles. The predicted molar refractivity (Wildman–Crippen MR) is 94.4 cm³/mol. The van der Waals surface area contributed by atoms with Crippen molar-refractivity contribution in [2.75, 3.05) is 0 Å². The number of amides is 1. The molecule has 0 aromatic heterocycles. The molecular formula is C18H19FN2O3S. The monoisotopic (exact) mass is 362 g/mol. The molecule has 25 heavy (non-hydrogen) atoms. The maximum Gasteiger partial charge on any atom is 0.338 e. The van der Waals surface area contributed by atoms with Crippen molar-refractivity contribution >= 4 is 28.8 Å². The molecule has 0 radical (unpaired) electrons. The molecule has 0 bridgehead atoms. The third-order valence-electron chi connectivity index (χ3n) is 3.99. The Kier molecular flexibility index (Phi) is 4.69. The average molecular weight is 362 g/mol. The standard InChI is InChI=1S/C18H19FN2O3S/c1-9(2)24-17(23)14-10(3)20-18-21(16(22)11(4)25-18)15(14)12-6-5-7-13(19)8-12/h5-9,11,15H,1-4H3/t11-,15-/m0/s1. The highest BCUT2D eigenvalue weighted by Crippen LogP contribution is 2.43. The molecule has 0 N–H and O–H groups in total. The van der Waals surface area contributed by atoms with Gasteiger partial charge in [0.2, 0.25) is 5.91 Å². The van der Waals surface area contributed by atoms with Gasteiger partial charge < -0.3 is 4.74 Å². The lowest BCUT2D eigenvalue weighted by molar-refractivity contribution is -0.143. The van der Waals surface area contributed by atoms with Gasteiger partial charge >= 0.3 is 5.97 Å². The second-order valence-corrected chi connectivity index (χ2v) is 7.58. The van der Waals surface area contributed by atoms with E-state index in [4.69, 9.17) is 4.74 Å². The summed E-state index contributed by atoms with van der Waals surface area (Å²) in [5, 5.41) is 0.230. The molecule has 2 atom stereocenters. The van der Waals surface area contributed by atoms with Gasteiger partial charge in [0, 0.05) is 0 Å². The van der Waals surface area contributed by atoms with Crippen LogP contribution in [-0.2, 0) is 14.3 Å². The van der Waals surface area contributed by atoms with Crippen LogP contribution in [0.15, 0.2) is 40.5 Å². The van der Waals surface area contributed by atoms with E-state index in [-0.39, 0.29) is 22.8 Å². The molecule has 0 aliphatic carbocycles. The number of thioether (sulfide) groups is 1. The number of ether oxygens (including phenoxy) is 1. The molecule has 5 nitrogen and oxygen atoms in total. The number of carbonyl (C=O) groups is 2. The molecule has 0 spiro atoms. The van der Waals surface area contributed by atoms with Crippen LogP contribution in [0.25, 0.3) is 0 Å². The van der Waals surface area contributed by atoms with E-state index in [1.165, 1.54) is 28.8 Å². The minimum atomic E-state index is -0.737. The summed E-state index contributed by atoms with van der Waals surface area (Å²) < 4.78 is 19.2. The van der Waals surface area contributed by atoms with Crippen LogP contribution in [0.4, 0.5) is 4.39 Å². The summed E-state index contributed by atoms with van der Waals surface area (Å²) in [4.78, 5) is 31.2. The van der Waals surface area contributed by atoms with Gasteiger partial charge in [0.05, 0.1) is 28.7 Å². The first-order chi connectivity index (χ1) is 11.8. The van der Waals surface area contributed by atoms with Crippen LogP contribution in [0.2, 0.25) is 0 Å². The van der Waals surface area contributed by atoms with E-state index in [1.54, 1.807) is 39.8 Å². The smallest absolute Gasteiger partial charge is 0.338 e. The summed E-state index contributed by atoms with van der Waals surface area (Å²) in [5.41, 5.74) is 1.28. The van der Waals surface area contributed by atoms with Crippen molar-refractivity contribution < 1.29 is 18.7 Å². The molecule has 132 valence electrons. The van der Waals surface area contributed by atoms with Crippen LogP contribution < -0.4 is 0 Å². The molecule has 7 heteroatoms. The lowest BCUT2D eigenvalue weighted by Crippen LogP contribution is -2.40. The molecule has 0 saturated carbocycles. The van der Waals surface area contributed by atoms with Crippen molar-refractivity contribution in [1.82, 2.24) is 4.90 Å². The number of hydrogen-bond donors (Lipinski definition) is 0. The highest BCUT2D eigenvalue weighted by atomic mass is 32.2. The van der Waals surface area contributed by atoms with Gasteiger partial charge in [0.25, 0.3) is 0 Å². The van der Waals surface area contributed by atoms with Gasteiger partial charge in [-0.3, -0.25) is 9.69 Å². The zero-order valence-electron chi connectivity index (χ0n) is 14.4. The molecular weight excluding hydrogens is 343 g/mol.